The fourth-order valence-electron chi connectivity index (χ4n) is 3.38. The summed E-state index contributed by atoms with van der Waals surface area (Å²) < 4.78 is 0. The molecule has 0 radical (unpaired) electrons. The molecule has 0 fully saturated rings. The summed E-state index contributed by atoms with van der Waals surface area (Å²) in [5.74, 6) is 0. The van der Waals surface area contributed by atoms with Gasteiger partial charge in [0.25, 0.3) is 0 Å². The first-order valence-electron chi connectivity index (χ1n) is 12.4. The molecule has 0 saturated heterocycles. The fourth-order valence-corrected chi connectivity index (χ4v) is 3.53. The summed E-state index contributed by atoms with van der Waals surface area (Å²) in [4.78, 5) is 0. The van der Waals surface area contributed by atoms with E-state index in [0.717, 1.165) is 13.0 Å². The molecule has 166 valence electrons. The van der Waals surface area contributed by atoms with E-state index in [-0.39, 0.29) is 0 Å². The summed E-state index contributed by atoms with van der Waals surface area (Å²) in [6.07, 6.45) is 27.8. The third kappa shape index (κ3) is 23.4. The molecule has 0 amide bonds. The van der Waals surface area contributed by atoms with Gasteiger partial charge in [-0.25, -0.2) is 0 Å². The highest BCUT2D eigenvalue weighted by molar-refractivity contribution is 7.80. The van der Waals surface area contributed by atoms with E-state index < -0.39 is 0 Å². The van der Waals surface area contributed by atoms with Gasteiger partial charge in [0.1, 0.15) is 0 Å². The van der Waals surface area contributed by atoms with Crippen molar-refractivity contribution in [3.8, 4) is 0 Å². The Balaban J connectivity index is 3.13. The molecule has 0 aliphatic carbocycles. The van der Waals surface area contributed by atoms with Crippen molar-refractivity contribution in [1.29, 1.82) is 0 Å². The minimum absolute atomic E-state index is 0.647. The van der Waals surface area contributed by atoms with E-state index >= 15 is 0 Å². The number of hydrogen-bond acceptors (Lipinski definition) is 2. The van der Waals surface area contributed by atoms with Crippen LogP contribution in [0.4, 0.5) is 0 Å². The topological polar surface area (TPSA) is 36.4 Å². The maximum Gasteiger partial charge on any atom is 0.186 e. The standard InChI is InChI=1S/C24H49N3S/c1-3-5-7-8-9-10-11-12-13-14-15-16-17-18-19-21-22-25-24(28)27-26-23-20-6-4-2/h23H,3-22H2,1-2H3,(H2,25,27,28)/b26-23+. The van der Waals surface area contributed by atoms with Gasteiger partial charge in [0.2, 0.25) is 0 Å². The largest absolute Gasteiger partial charge is 0.361 e. The Bertz CT molecular complexity index is 345. The van der Waals surface area contributed by atoms with E-state index in [2.05, 4.69) is 29.7 Å². The normalized spacial score (nSPS) is 11.2. The molecule has 0 aromatic rings. The van der Waals surface area contributed by atoms with E-state index in [9.17, 15) is 0 Å². The summed E-state index contributed by atoms with van der Waals surface area (Å²) in [7, 11) is 0. The Morgan fingerprint density at radius 1 is 0.643 bits per heavy atom. The molecule has 0 saturated carbocycles. The van der Waals surface area contributed by atoms with Gasteiger partial charge in [-0.05, 0) is 31.5 Å². The number of hydrazone groups is 1. The van der Waals surface area contributed by atoms with Crippen molar-refractivity contribution in [3.63, 3.8) is 0 Å². The van der Waals surface area contributed by atoms with Crippen molar-refractivity contribution in [1.82, 2.24) is 10.7 Å². The van der Waals surface area contributed by atoms with Crippen molar-refractivity contribution in [2.24, 2.45) is 5.10 Å². The second-order valence-electron chi connectivity index (χ2n) is 8.12. The van der Waals surface area contributed by atoms with Crippen molar-refractivity contribution < 1.29 is 0 Å². The Morgan fingerprint density at radius 3 is 1.54 bits per heavy atom. The molecule has 0 atom stereocenters. The summed E-state index contributed by atoms with van der Waals surface area (Å²) in [5.41, 5.74) is 2.89. The SMILES string of the molecule is CCCC/C=N/NC(=S)NCCCCCCCCCCCCCCCCCC. The highest BCUT2D eigenvalue weighted by atomic mass is 32.1. The van der Waals surface area contributed by atoms with Crippen LogP contribution in [0.1, 0.15) is 136 Å². The molecule has 0 bridgehead atoms. The van der Waals surface area contributed by atoms with Crippen LogP contribution in [0, 0.1) is 0 Å². The highest BCUT2D eigenvalue weighted by Crippen LogP contribution is 2.13. The number of hydrogen-bond donors (Lipinski definition) is 2. The Hall–Kier alpha value is -0.640. The molecule has 0 spiro atoms. The predicted octanol–water partition coefficient (Wildman–Crippen LogP) is 7.89. The highest BCUT2D eigenvalue weighted by Gasteiger charge is 1.96. The van der Waals surface area contributed by atoms with Crippen LogP contribution < -0.4 is 10.7 Å². The predicted molar refractivity (Wildman–Crippen MR) is 131 cm³/mol. The molecular formula is C24H49N3S. The van der Waals surface area contributed by atoms with E-state index in [0.29, 0.717) is 5.11 Å². The number of nitrogens with zero attached hydrogens (tertiary/aromatic N) is 1. The molecule has 0 aliphatic rings. The average molecular weight is 412 g/mol. The molecule has 28 heavy (non-hydrogen) atoms. The smallest absolute Gasteiger partial charge is 0.186 e. The maximum absolute atomic E-state index is 5.21. The van der Waals surface area contributed by atoms with Gasteiger partial charge in [-0.15, -0.1) is 0 Å². The van der Waals surface area contributed by atoms with Crippen molar-refractivity contribution in [2.75, 3.05) is 6.54 Å². The Labute approximate surface area is 181 Å². The van der Waals surface area contributed by atoms with Crippen LogP contribution in [0.15, 0.2) is 5.10 Å². The van der Waals surface area contributed by atoms with Gasteiger partial charge in [-0.2, -0.15) is 5.10 Å². The second-order valence-corrected chi connectivity index (χ2v) is 8.53. The first-order valence-corrected chi connectivity index (χ1v) is 12.8. The van der Waals surface area contributed by atoms with E-state index in [1.54, 1.807) is 0 Å². The van der Waals surface area contributed by atoms with Crippen LogP contribution >= 0.6 is 12.2 Å². The van der Waals surface area contributed by atoms with Crippen molar-refractivity contribution >= 4 is 23.5 Å². The van der Waals surface area contributed by atoms with Gasteiger partial charge < -0.3 is 5.32 Å². The fraction of sp³-hybridized carbons (Fsp3) is 0.917. The van der Waals surface area contributed by atoms with E-state index in [1.807, 2.05) is 6.21 Å². The number of unbranched alkanes of at least 4 members (excludes halogenated alkanes) is 17. The molecule has 2 N–H and O–H groups in total. The van der Waals surface area contributed by atoms with Gasteiger partial charge in [0.15, 0.2) is 5.11 Å². The van der Waals surface area contributed by atoms with Crippen LogP contribution in [0.5, 0.6) is 0 Å². The van der Waals surface area contributed by atoms with Crippen molar-refractivity contribution in [3.05, 3.63) is 0 Å². The van der Waals surface area contributed by atoms with Crippen LogP contribution in [0.25, 0.3) is 0 Å². The van der Waals surface area contributed by atoms with Crippen LogP contribution in [-0.2, 0) is 0 Å². The molecule has 0 heterocycles. The first kappa shape index (κ1) is 27.4. The van der Waals surface area contributed by atoms with Crippen LogP contribution in [0.2, 0.25) is 0 Å². The summed E-state index contributed by atoms with van der Waals surface area (Å²) in [5, 5.41) is 8.00. The van der Waals surface area contributed by atoms with Gasteiger partial charge in [-0.3, -0.25) is 5.43 Å². The van der Waals surface area contributed by atoms with Crippen LogP contribution in [0.3, 0.4) is 0 Å². The molecule has 0 aromatic carbocycles. The summed E-state index contributed by atoms with van der Waals surface area (Å²) in [6.45, 7) is 5.43. The van der Waals surface area contributed by atoms with Gasteiger partial charge >= 0.3 is 0 Å². The number of nitrogens with one attached hydrogen (secondary N) is 2. The molecule has 0 unspecified atom stereocenters. The quantitative estimate of drug-likeness (QED) is 0.0872. The minimum Gasteiger partial charge on any atom is -0.361 e. The number of rotatable bonds is 21. The average Bonchev–Trinajstić information content (AvgIpc) is 2.70. The zero-order valence-corrected chi connectivity index (χ0v) is 19.9. The second kappa shape index (κ2) is 24.4. The molecule has 3 nitrogen and oxygen atoms in total. The molecule has 0 aromatic heterocycles. The van der Waals surface area contributed by atoms with Gasteiger partial charge in [0, 0.05) is 12.8 Å². The summed E-state index contributed by atoms with van der Waals surface area (Å²) in [6, 6.07) is 0. The van der Waals surface area contributed by atoms with Gasteiger partial charge in [0.05, 0.1) is 0 Å². The molecule has 0 rings (SSSR count). The van der Waals surface area contributed by atoms with Crippen LogP contribution in [-0.4, -0.2) is 17.9 Å². The monoisotopic (exact) mass is 411 g/mol. The summed E-state index contributed by atoms with van der Waals surface area (Å²) >= 11 is 5.21. The lowest BCUT2D eigenvalue weighted by Gasteiger charge is -2.07. The lowest BCUT2D eigenvalue weighted by Crippen LogP contribution is -2.32. The van der Waals surface area contributed by atoms with Crippen molar-refractivity contribution in [2.45, 2.75) is 136 Å². The van der Waals surface area contributed by atoms with E-state index in [4.69, 9.17) is 12.2 Å². The molecule has 4 heteroatoms. The first-order chi connectivity index (χ1) is 13.8. The Morgan fingerprint density at radius 2 is 1.07 bits per heavy atom. The minimum atomic E-state index is 0.647. The third-order valence-electron chi connectivity index (χ3n) is 5.26. The van der Waals surface area contributed by atoms with E-state index in [1.165, 1.54) is 116 Å². The van der Waals surface area contributed by atoms with Gasteiger partial charge in [-0.1, -0.05) is 117 Å². The third-order valence-corrected chi connectivity index (χ3v) is 5.50. The zero-order chi connectivity index (χ0) is 20.5. The Kier molecular flexibility index (Phi) is 23.8. The molecular weight excluding hydrogens is 362 g/mol. The molecule has 0 aliphatic heterocycles. The maximum atomic E-state index is 5.21. The zero-order valence-electron chi connectivity index (χ0n) is 19.1. The lowest BCUT2D eigenvalue weighted by atomic mass is 10.0. The lowest BCUT2D eigenvalue weighted by molar-refractivity contribution is 0.529. The number of thiocarbonyl (C=S) groups is 1.